The van der Waals surface area contributed by atoms with Gasteiger partial charge in [-0.2, -0.15) is 13.2 Å². The number of carbonyl (C=O) groups is 2. The third-order valence-corrected chi connectivity index (χ3v) is 7.71. The van der Waals surface area contributed by atoms with Crippen molar-refractivity contribution in [1.82, 2.24) is 5.32 Å². The number of amides is 1. The van der Waals surface area contributed by atoms with Crippen LogP contribution >= 0.6 is 0 Å². The number of allylic oxidation sites excluding steroid dienone is 2. The normalized spacial score (nSPS) is 16.9. The molecule has 0 saturated heterocycles. The van der Waals surface area contributed by atoms with Crippen LogP contribution in [0.15, 0.2) is 64.4 Å². The second-order valence-electron chi connectivity index (χ2n) is 8.67. The molecule has 1 unspecified atom stereocenters. The zero-order valence-electron chi connectivity index (χ0n) is 20.0. The third-order valence-electron chi connectivity index (χ3n) is 5.88. The Morgan fingerprint density at radius 1 is 1.14 bits per heavy atom. The maximum Gasteiger partial charge on any atom is 0.471 e. The number of hydrogen-bond donors (Lipinski definition) is 1. The van der Waals surface area contributed by atoms with Crippen molar-refractivity contribution in [2.24, 2.45) is 0 Å². The minimum absolute atomic E-state index is 0.0408. The van der Waals surface area contributed by atoms with E-state index in [-0.39, 0.29) is 34.3 Å². The van der Waals surface area contributed by atoms with Crippen LogP contribution in [0.3, 0.4) is 0 Å². The quantitative estimate of drug-likeness (QED) is 0.383. The van der Waals surface area contributed by atoms with Gasteiger partial charge in [0.1, 0.15) is 0 Å². The van der Waals surface area contributed by atoms with Gasteiger partial charge in [0.15, 0.2) is 0 Å². The number of carbonyl (C=O) groups excluding carboxylic acids is 2. The van der Waals surface area contributed by atoms with E-state index in [1.807, 2.05) is 5.32 Å². The number of halogens is 3. The highest BCUT2D eigenvalue weighted by molar-refractivity contribution is 7.91. The van der Waals surface area contributed by atoms with Gasteiger partial charge in [-0.05, 0) is 74.9 Å². The Morgan fingerprint density at radius 2 is 1.83 bits per heavy atom. The van der Waals surface area contributed by atoms with E-state index in [9.17, 15) is 31.2 Å². The lowest BCUT2D eigenvalue weighted by atomic mass is 9.88. The number of ether oxygens (including phenoxy) is 1. The summed E-state index contributed by atoms with van der Waals surface area (Å²) in [6.07, 6.45) is 2.09. The summed E-state index contributed by atoms with van der Waals surface area (Å²) in [6, 6.07) is 9.47. The van der Waals surface area contributed by atoms with Crippen molar-refractivity contribution >= 4 is 21.7 Å². The molecule has 0 bridgehead atoms. The predicted molar refractivity (Wildman–Crippen MR) is 127 cm³/mol. The molecule has 2 atom stereocenters. The van der Waals surface area contributed by atoms with Gasteiger partial charge in [-0.1, -0.05) is 30.4 Å². The number of esters is 1. The molecule has 1 aliphatic rings. The van der Waals surface area contributed by atoms with Crippen molar-refractivity contribution in [2.75, 3.05) is 6.61 Å². The van der Waals surface area contributed by atoms with E-state index in [0.29, 0.717) is 5.56 Å². The summed E-state index contributed by atoms with van der Waals surface area (Å²) in [4.78, 5) is 23.5. The number of nitrogens with one attached hydrogen (secondary N) is 1. The fourth-order valence-electron chi connectivity index (χ4n) is 4.11. The molecule has 36 heavy (non-hydrogen) atoms. The number of rotatable bonds is 8. The van der Waals surface area contributed by atoms with E-state index in [1.54, 1.807) is 19.1 Å². The molecule has 1 N–H and O–H groups in total. The Labute approximate surface area is 208 Å². The van der Waals surface area contributed by atoms with Crippen molar-refractivity contribution in [1.29, 1.82) is 0 Å². The summed E-state index contributed by atoms with van der Waals surface area (Å²) in [5.74, 6) is -2.68. The Balaban J connectivity index is 1.87. The van der Waals surface area contributed by atoms with Crippen molar-refractivity contribution in [3.63, 3.8) is 0 Å². The minimum atomic E-state index is -4.98. The average Bonchev–Trinajstić information content (AvgIpc) is 2.84. The maximum absolute atomic E-state index is 13.4. The Morgan fingerprint density at radius 3 is 2.42 bits per heavy atom. The molecule has 0 radical (unpaired) electrons. The van der Waals surface area contributed by atoms with Crippen LogP contribution in [0.4, 0.5) is 13.2 Å². The zero-order valence-corrected chi connectivity index (χ0v) is 20.8. The van der Waals surface area contributed by atoms with Gasteiger partial charge in [0.2, 0.25) is 9.84 Å². The molecule has 1 aliphatic carbocycles. The highest BCUT2D eigenvalue weighted by Gasteiger charge is 2.39. The van der Waals surface area contributed by atoms with Crippen molar-refractivity contribution < 1.29 is 35.9 Å². The van der Waals surface area contributed by atoms with E-state index in [2.05, 4.69) is 12.2 Å². The molecule has 0 fully saturated rings. The third kappa shape index (κ3) is 6.54. The average molecular weight is 524 g/mol. The molecular weight excluding hydrogens is 495 g/mol. The molecule has 1 amide bonds. The molecule has 0 saturated carbocycles. The number of benzene rings is 2. The molecule has 3 rings (SSSR count). The first-order valence-electron chi connectivity index (χ1n) is 11.6. The highest BCUT2D eigenvalue weighted by atomic mass is 32.2. The maximum atomic E-state index is 13.4. The number of hydrogen-bond acceptors (Lipinski definition) is 5. The van der Waals surface area contributed by atoms with Gasteiger partial charge >= 0.3 is 18.1 Å². The van der Waals surface area contributed by atoms with Crippen molar-refractivity contribution in [3.8, 4) is 0 Å². The van der Waals surface area contributed by atoms with E-state index in [1.165, 1.54) is 37.3 Å². The lowest BCUT2D eigenvalue weighted by molar-refractivity contribution is -0.174. The second-order valence-corrected chi connectivity index (χ2v) is 10.6. The minimum Gasteiger partial charge on any atom is -0.462 e. The molecule has 10 heteroatoms. The molecule has 2 aromatic rings. The summed E-state index contributed by atoms with van der Waals surface area (Å²) < 4.78 is 69.3. The molecule has 0 heterocycles. The largest absolute Gasteiger partial charge is 0.471 e. The van der Waals surface area contributed by atoms with Crippen molar-refractivity contribution in [2.45, 2.75) is 67.5 Å². The number of sulfone groups is 1. The lowest BCUT2D eigenvalue weighted by Gasteiger charge is -2.19. The van der Waals surface area contributed by atoms with Gasteiger partial charge in [0.05, 0.1) is 22.0 Å². The van der Waals surface area contributed by atoms with Crippen LogP contribution < -0.4 is 5.32 Å². The first-order valence-corrected chi connectivity index (χ1v) is 13.1. The molecule has 2 aromatic carbocycles. The van der Waals surface area contributed by atoms with Crippen LogP contribution in [0.5, 0.6) is 0 Å². The summed E-state index contributed by atoms with van der Waals surface area (Å²) in [5.41, 5.74) is 1.33. The Kier molecular flexibility index (Phi) is 8.60. The summed E-state index contributed by atoms with van der Waals surface area (Å²) in [5, 5.41) is 1.86. The van der Waals surface area contributed by atoms with Gasteiger partial charge in [0, 0.05) is 12.0 Å². The first kappa shape index (κ1) is 27.4. The molecular formula is C26H28F3NO5S. The number of alkyl halides is 3. The van der Waals surface area contributed by atoms with Gasteiger partial charge in [0.25, 0.3) is 0 Å². The van der Waals surface area contributed by atoms with Crippen LogP contribution in [-0.2, 0) is 25.8 Å². The lowest BCUT2D eigenvalue weighted by Crippen LogP contribution is -2.42. The summed E-state index contributed by atoms with van der Waals surface area (Å²) >= 11 is 0. The SMILES string of the molecule is CCOC(=O)c1cc(C2C=CCCC2)ccc1S(=O)(=O)c1ccc(C[C@@H](C)NC(=O)C(F)(F)F)cc1. The van der Waals surface area contributed by atoms with E-state index in [4.69, 9.17) is 4.74 Å². The monoisotopic (exact) mass is 523 g/mol. The van der Waals surface area contributed by atoms with Crippen molar-refractivity contribution in [3.05, 3.63) is 71.3 Å². The smallest absolute Gasteiger partial charge is 0.462 e. The van der Waals surface area contributed by atoms with Crippen LogP contribution in [-0.4, -0.2) is 39.1 Å². The molecule has 194 valence electrons. The van der Waals surface area contributed by atoms with E-state index in [0.717, 1.165) is 24.8 Å². The second kappa shape index (κ2) is 11.3. The van der Waals surface area contributed by atoms with Crippen LogP contribution in [0.2, 0.25) is 0 Å². The summed E-state index contributed by atoms with van der Waals surface area (Å²) in [6.45, 7) is 3.14. The summed E-state index contributed by atoms with van der Waals surface area (Å²) in [7, 11) is -4.10. The fourth-order valence-corrected chi connectivity index (χ4v) is 5.54. The molecule has 6 nitrogen and oxygen atoms in total. The van der Waals surface area contributed by atoms with E-state index >= 15 is 0 Å². The van der Waals surface area contributed by atoms with Crippen LogP contribution in [0, 0.1) is 0 Å². The Bertz CT molecular complexity index is 1240. The molecule has 0 aromatic heterocycles. The highest BCUT2D eigenvalue weighted by Crippen LogP contribution is 2.32. The van der Waals surface area contributed by atoms with Gasteiger partial charge in [-0.15, -0.1) is 0 Å². The fraction of sp³-hybridized carbons (Fsp3) is 0.385. The first-order chi connectivity index (χ1) is 16.9. The topological polar surface area (TPSA) is 89.5 Å². The zero-order chi connectivity index (χ0) is 26.5. The van der Waals surface area contributed by atoms with E-state index < -0.39 is 33.9 Å². The molecule has 0 aliphatic heterocycles. The Hall–Kier alpha value is -3.14. The van der Waals surface area contributed by atoms with Gasteiger partial charge in [-0.25, -0.2) is 13.2 Å². The van der Waals surface area contributed by atoms with Gasteiger partial charge in [-0.3, -0.25) is 4.79 Å². The van der Waals surface area contributed by atoms with Crippen LogP contribution in [0.25, 0.3) is 0 Å². The predicted octanol–water partition coefficient (Wildman–Crippen LogP) is 5.13. The van der Waals surface area contributed by atoms with Gasteiger partial charge < -0.3 is 10.1 Å². The molecule has 0 spiro atoms. The van der Waals surface area contributed by atoms with Crippen LogP contribution in [0.1, 0.15) is 60.5 Å². The standard InChI is InChI=1S/C26H28F3NO5S/c1-3-35-24(31)22-16-20(19-7-5-4-6-8-19)11-14-23(22)36(33,34)21-12-9-18(10-13-21)15-17(2)30-25(32)26(27,28)29/h5,7,9-14,16-17,19H,3-4,6,8,15H2,1-2H3,(H,30,32)/t17-,19?/m1/s1.